The molecule has 2 heteroatoms. The van der Waals surface area contributed by atoms with E-state index in [1.165, 1.54) is 17.5 Å². The summed E-state index contributed by atoms with van der Waals surface area (Å²) >= 11 is 0. The van der Waals surface area contributed by atoms with Gasteiger partial charge in [-0.25, -0.2) is 0 Å². The van der Waals surface area contributed by atoms with Crippen molar-refractivity contribution in [1.82, 2.24) is 0 Å². The lowest BCUT2D eigenvalue weighted by atomic mass is 9.72. The van der Waals surface area contributed by atoms with E-state index in [0.29, 0.717) is 18.3 Å². The van der Waals surface area contributed by atoms with Gasteiger partial charge in [-0.3, -0.25) is 0 Å². The lowest BCUT2D eigenvalue weighted by molar-refractivity contribution is -0.108. The molecule has 0 amide bonds. The highest BCUT2D eigenvalue weighted by Gasteiger charge is 2.40. The van der Waals surface area contributed by atoms with Gasteiger partial charge in [-0.2, -0.15) is 0 Å². The molecule has 0 heterocycles. The van der Waals surface area contributed by atoms with Gasteiger partial charge in [-0.05, 0) is 74.3 Å². The van der Waals surface area contributed by atoms with Gasteiger partial charge in [0.2, 0.25) is 0 Å². The average Bonchev–Trinajstić information content (AvgIpc) is 2.51. The summed E-state index contributed by atoms with van der Waals surface area (Å²) in [7, 11) is 0. The summed E-state index contributed by atoms with van der Waals surface area (Å²) in [5.74, 6) is 1.10. The number of benzene rings is 1. The smallest absolute Gasteiger partial charge is 0.0905 e. The molecule has 1 saturated carbocycles. The van der Waals surface area contributed by atoms with E-state index >= 15 is 0 Å². The van der Waals surface area contributed by atoms with E-state index in [-0.39, 0.29) is 0 Å². The molecule has 0 bridgehead atoms. The van der Waals surface area contributed by atoms with E-state index in [2.05, 4.69) is 31.2 Å². The van der Waals surface area contributed by atoms with E-state index < -0.39 is 11.7 Å². The molecule has 0 spiro atoms. The van der Waals surface area contributed by atoms with Gasteiger partial charge in [-0.1, -0.05) is 31.2 Å². The molecule has 21 heavy (non-hydrogen) atoms. The van der Waals surface area contributed by atoms with E-state index in [0.717, 1.165) is 38.5 Å². The number of fused-ring (bicyclic) bond motifs is 1. The zero-order valence-corrected chi connectivity index (χ0v) is 13.1. The van der Waals surface area contributed by atoms with Crippen molar-refractivity contribution in [3.05, 3.63) is 35.4 Å². The van der Waals surface area contributed by atoms with Gasteiger partial charge < -0.3 is 10.2 Å². The molecule has 0 saturated heterocycles. The lowest BCUT2D eigenvalue weighted by Crippen LogP contribution is -2.45. The van der Waals surface area contributed by atoms with Gasteiger partial charge >= 0.3 is 0 Å². The Hall–Kier alpha value is -0.860. The van der Waals surface area contributed by atoms with Crippen molar-refractivity contribution in [2.24, 2.45) is 5.92 Å². The summed E-state index contributed by atoms with van der Waals surface area (Å²) in [6.07, 6.45) is 7.20. The minimum atomic E-state index is -0.848. The molecule has 2 N–H and O–H groups in total. The average molecular weight is 288 g/mol. The first kappa shape index (κ1) is 15.1. The summed E-state index contributed by atoms with van der Waals surface area (Å²) < 4.78 is 0. The fraction of sp³-hybridized carbons (Fsp3) is 0.684. The predicted molar refractivity (Wildman–Crippen MR) is 85.3 cm³/mol. The molecule has 1 fully saturated rings. The molecule has 2 aliphatic rings. The Bertz CT molecular complexity index is 474. The zero-order valence-electron chi connectivity index (χ0n) is 13.1. The molecular formula is C19H28O2. The Labute approximate surface area is 128 Å². The van der Waals surface area contributed by atoms with Crippen LogP contribution in [-0.2, 0) is 6.42 Å². The molecule has 2 unspecified atom stereocenters. The topological polar surface area (TPSA) is 40.5 Å². The molecule has 1 aromatic rings. The third-order valence-electron chi connectivity index (χ3n) is 5.76. The van der Waals surface area contributed by atoms with Crippen molar-refractivity contribution < 1.29 is 10.2 Å². The van der Waals surface area contributed by atoms with Crippen molar-refractivity contribution in [3.8, 4) is 0 Å². The molecular weight excluding hydrogens is 260 g/mol. The summed E-state index contributed by atoms with van der Waals surface area (Å²) in [5.41, 5.74) is 1.99. The first-order valence-electron chi connectivity index (χ1n) is 8.57. The number of hydrogen-bond donors (Lipinski definition) is 2. The molecule has 1 aromatic carbocycles. The van der Waals surface area contributed by atoms with E-state index in [1.807, 2.05) is 0 Å². The van der Waals surface area contributed by atoms with Crippen LogP contribution in [0.2, 0.25) is 0 Å². The Kier molecular flexibility index (Phi) is 4.37. The second-order valence-corrected chi connectivity index (χ2v) is 7.33. The van der Waals surface area contributed by atoms with Crippen molar-refractivity contribution in [2.75, 3.05) is 0 Å². The first-order valence-corrected chi connectivity index (χ1v) is 8.57. The molecule has 2 aliphatic carbocycles. The van der Waals surface area contributed by atoms with Gasteiger partial charge in [0.25, 0.3) is 0 Å². The van der Waals surface area contributed by atoms with Crippen LogP contribution in [0, 0.1) is 5.92 Å². The van der Waals surface area contributed by atoms with Crippen LogP contribution < -0.4 is 0 Å². The maximum absolute atomic E-state index is 10.8. The van der Waals surface area contributed by atoms with Crippen molar-refractivity contribution in [3.63, 3.8) is 0 Å². The van der Waals surface area contributed by atoms with Crippen LogP contribution in [-0.4, -0.2) is 21.9 Å². The lowest BCUT2D eigenvalue weighted by Gasteiger charge is -2.40. The van der Waals surface area contributed by atoms with Gasteiger partial charge in [0.1, 0.15) is 0 Å². The summed E-state index contributed by atoms with van der Waals surface area (Å²) in [4.78, 5) is 0. The maximum atomic E-state index is 10.8. The van der Waals surface area contributed by atoms with Crippen LogP contribution in [0.5, 0.6) is 0 Å². The Balaban J connectivity index is 1.69. The fourth-order valence-corrected chi connectivity index (χ4v) is 4.18. The largest absolute Gasteiger partial charge is 0.390 e. The third kappa shape index (κ3) is 3.17. The molecule has 0 aliphatic heterocycles. The molecule has 116 valence electrons. The number of rotatable bonds is 3. The van der Waals surface area contributed by atoms with Crippen LogP contribution in [0.4, 0.5) is 0 Å². The Morgan fingerprint density at radius 1 is 1.19 bits per heavy atom. The summed E-state index contributed by atoms with van der Waals surface area (Å²) in [5, 5.41) is 21.4. The molecule has 2 nitrogen and oxygen atoms in total. The standard InChI is InChI=1S/C19H28O2/c1-14-9-11-19(21,12-10-14)18(20)13-16-7-4-6-15-5-2-3-8-17(15)16/h2-3,5,8,14,16,18,20-21H,4,6-7,9-13H2,1H3. The van der Waals surface area contributed by atoms with Crippen molar-refractivity contribution in [2.45, 2.75) is 75.9 Å². The summed E-state index contributed by atoms with van der Waals surface area (Å²) in [6, 6.07) is 8.62. The molecule has 3 rings (SSSR count). The monoisotopic (exact) mass is 288 g/mol. The highest BCUT2D eigenvalue weighted by molar-refractivity contribution is 5.32. The SMILES string of the molecule is CC1CCC(O)(C(O)CC2CCCc3ccccc32)CC1. The van der Waals surface area contributed by atoms with Crippen LogP contribution >= 0.6 is 0 Å². The first-order chi connectivity index (χ1) is 10.1. The van der Waals surface area contributed by atoms with Crippen molar-refractivity contribution in [1.29, 1.82) is 0 Å². The quantitative estimate of drug-likeness (QED) is 0.888. The van der Waals surface area contributed by atoms with Crippen LogP contribution in [0.25, 0.3) is 0 Å². The van der Waals surface area contributed by atoms with E-state index in [1.54, 1.807) is 0 Å². The number of aliphatic hydroxyl groups is 2. The number of aliphatic hydroxyl groups excluding tert-OH is 1. The normalized spacial score (nSPS) is 34.2. The van der Waals surface area contributed by atoms with Crippen LogP contribution in [0.1, 0.15) is 68.9 Å². The van der Waals surface area contributed by atoms with Gasteiger partial charge in [0.15, 0.2) is 0 Å². The van der Waals surface area contributed by atoms with Gasteiger partial charge in [0, 0.05) is 0 Å². The molecule has 0 aromatic heterocycles. The van der Waals surface area contributed by atoms with E-state index in [4.69, 9.17) is 0 Å². The van der Waals surface area contributed by atoms with Gasteiger partial charge in [-0.15, -0.1) is 0 Å². The second kappa shape index (κ2) is 6.10. The maximum Gasteiger partial charge on any atom is 0.0905 e. The number of aryl methyl sites for hydroxylation is 1. The molecule has 2 atom stereocenters. The fourth-order valence-electron chi connectivity index (χ4n) is 4.18. The number of hydrogen-bond acceptors (Lipinski definition) is 2. The Morgan fingerprint density at radius 3 is 2.67 bits per heavy atom. The van der Waals surface area contributed by atoms with Crippen LogP contribution in [0.3, 0.4) is 0 Å². The van der Waals surface area contributed by atoms with Crippen molar-refractivity contribution >= 4 is 0 Å². The second-order valence-electron chi connectivity index (χ2n) is 7.33. The third-order valence-corrected chi connectivity index (χ3v) is 5.76. The van der Waals surface area contributed by atoms with Crippen LogP contribution in [0.15, 0.2) is 24.3 Å². The summed E-state index contributed by atoms with van der Waals surface area (Å²) in [6.45, 7) is 2.24. The Morgan fingerprint density at radius 2 is 1.90 bits per heavy atom. The van der Waals surface area contributed by atoms with E-state index in [9.17, 15) is 10.2 Å². The highest BCUT2D eigenvalue weighted by Crippen LogP contribution is 2.40. The highest BCUT2D eigenvalue weighted by atomic mass is 16.3. The van der Waals surface area contributed by atoms with Gasteiger partial charge in [0.05, 0.1) is 11.7 Å². The molecule has 0 radical (unpaired) electrons. The minimum absolute atomic E-state index is 0.410. The zero-order chi connectivity index (χ0) is 14.9. The minimum Gasteiger partial charge on any atom is -0.390 e. The predicted octanol–water partition coefficient (Wildman–Crippen LogP) is 3.80.